The second-order valence-corrected chi connectivity index (χ2v) is 6.57. The second-order valence-electron chi connectivity index (χ2n) is 5.42. The van der Waals surface area contributed by atoms with Crippen molar-refractivity contribution in [2.24, 2.45) is 5.92 Å². The first-order valence-corrected chi connectivity index (χ1v) is 7.74. The lowest BCUT2D eigenvalue weighted by Gasteiger charge is -2.06. The summed E-state index contributed by atoms with van der Waals surface area (Å²) in [6, 6.07) is 16.5. The monoisotopic (exact) mass is 284 g/mol. The molecule has 0 amide bonds. The number of carbonyl (C=O) groups excluding carboxylic acids is 1. The van der Waals surface area contributed by atoms with Crippen molar-refractivity contribution in [2.75, 3.05) is 0 Å². The minimum Gasteiger partial charge on any atom is -0.295 e. The van der Waals surface area contributed by atoms with E-state index in [9.17, 15) is 4.79 Å². The zero-order valence-electron chi connectivity index (χ0n) is 12.2. The zero-order chi connectivity index (χ0) is 14.5. The van der Waals surface area contributed by atoms with Gasteiger partial charge in [0.25, 0.3) is 0 Å². The molecule has 0 unspecified atom stereocenters. The van der Waals surface area contributed by atoms with Crippen LogP contribution < -0.4 is 0 Å². The Balaban J connectivity index is 2.04. The van der Waals surface area contributed by atoms with Crippen LogP contribution in [0.25, 0.3) is 0 Å². The van der Waals surface area contributed by atoms with Crippen LogP contribution in [-0.2, 0) is 6.42 Å². The van der Waals surface area contributed by atoms with Crippen molar-refractivity contribution in [3.8, 4) is 0 Å². The summed E-state index contributed by atoms with van der Waals surface area (Å²) in [5, 5.41) is 0. The molecule has 2 heteroatoms. The first-order chi connectivity index (χ1) is 9.54. The average molecular weight is 284 g/mol. The molecule has 0 radical (unpaired) electrons. The summed E-state index contributed by atoms with van der Waals surface area (Å²) in [5.74, 6) is 0.798. The lowest BCUT2D eigenvalue weighted by Crippen LogP contribution is -1.93. The number of ketones is 1. The lowest BCUT2D eigenvalue weighted by molar-refractivity contribution is 0.101. The quantitative estimate of drug-likeness (QED) is 0.698. The largest absolute Gasteiger partial charge is 0.295 e. The SMILES string of the molecule is CC(=O)c1ccc(Sc2ccc(CC(C)C)cc2)cc1. The second kappa shape index (κ2) is 6.76. The molecule has 0 fully saturated rings. The molecule has 0 aliphatic carbocycles. The molecule has 2 aromatic rings. The Hall–Kier alpha value is -1.54. The molecule has 1 nitrogen and oxygen atoms in total. The van der Waals surface area contributed by atoms with Crippen LogP contribution in [0.2, 0.25) is 0 Å². The van der Waals surface area contributed by atoms with Crippen LogP contribution in [-0.4, -0.2) is 5.78 Å². The van der Waals surface area contributed by atoms with Crippen LogP contribution in [0, 0.1) is 5.92 Å². The van der Waals surface area contributed by atoms with Gasteiger partial charge >= 0.3 is 0 Å². The van der Waals surface area contributed by atoms with Gasteiger partial charge in [-0.15, -0.1) is 0 Å². The van der Waals surface area contributed by atoms with Gasteiger partial charge in [-0.05, 0) is 49.1 Å². The molecule has 0 N–H and O–H groups in total. The van der Waals surface area contributed by atoms with Crippen molar-refractivity contribution in [3.05, 3.63) is 59.7 Å². The Labute approximate surface area is 125 Å². The van der Waals surface area contributed by atoms with Crippen LogP contribution in [0.1, 0.15) is 36.7 Å². The van der Waals surface area contributed by atoms with Gasteiger partial charge < -0.3 is 0 Å². The number of hydrogen-bond donors (Lipinski definition) is 0. The number of Topliss-reactive ketones (excluding diaryl/α,β-unsaturated/α-hetero) is 1. The molecule has 0 aromatic heterocycles. The number of carbonyl (C=O) groups is 1. The Morgan fingerprint density at radius 3 is 1.90 bits per heavy atom. The van der Waals surface area contributed by atoms with Gasteiger partial charge in [0, 0.05) is 15.4 Å². The van der Waals surface area contributed by atoms with E-state index in [1.807, 2.05) is 24.3 Å². The third-order valence-corrected chi connectivity index (χ3v) is 4.08. The van der Waals surface area contributed by atoms with Crippen molar-refractivity contribution in [1.82, 2.24) is 0 Å². The predicted octanol–water partition coefficient (Wildman–Crippen LogP) is 5.24. The van der Waals surface area contributed by atoms with E-state index < -0.39 is 0 Å². The molecule has 0 atom stereocenters. The highest BCUT2D eigenvalue weighted by Crippen LogP contribution is 2.28. The molecule has 0 spiro atoms. The maximum Gasteiger partial charge on any atom is 0.159 e. The first kappa shape index (κ1) is 14.9. The predicted molar refractivity (Wildman–Crippen MR) is 85.6 cm³/mol. The molecular formula is C18H20OS. The van der Waals surface area contributed by atoms with Gasteiger partial charge in [0.15, 0.2) is 5.78 Å². The Morgan fingerprint density at radius 1 is 0.950 bits per heavy atom. The number of rotatable bonds is 5. The Morgan fingerprint density at radius 2 is 1.45 bits per heavy atom. The van der Waals surface area contributed by atoms with Crippen molar-refractivity contribution in [2.45, 2.75) is 37.0 Å². The number of hydrogen-bond acceptors (Lipinski definition) is 2. The molecule has 104 valence electrons. The smallest absolute Gasteiger partial charge is 0.159 e. The minimum atomic E-state index is 0.111. The molecule has 0 bridgehead atoms. The van der Waals surface area contributed by atoms with Crippen LogP contribution >= 0.6 is 11.8 Å². The van der Waals surface area contributed by atoms with E-state index in [0.717, 1.165) is 16.9 Å². The maximum absolute atomic E-state index is 11.2. The van der Waals surface area contributed by atoms with Crippen LogP contribution in [0.3, 0.4) is 0 Å². The minimum absolute atomic E-state index is 0.111. The molecular weight excluding hydrogens is 264 g/mol. The highest BCUT2D eigenvalue weighted by molar-refractivity contribution is 7.99. The third kappa shape index (κ3) is 4.24. The fourth-order valence-corrected chi connectivity index (χ4v) is 2.88. The van der Waals surface area contributed by atoms with Gasteiger partial charge in [0.2, 0.25) is 0 Å². The summed E-state index contributed by atoms with van der Waals surface area (Å²) in [5.41, 5.74) is 2.15. The highest BCUT2D eigenvalue weighted by Gasteiger charge is 2.02. The summed E-state index contributed by atoms with van der Waals surface area (Å²) in [6.45, 7) is 6.06. The number of benzene rings is 2. The molecule has 0 saturated carbocycles. The van der Waals surface area contributed by atoms with Gasteiger partial charge in [-0.2, -0.15) is 0 Å². The average Bonchev–Trinajstić information content (AvgIpc) is 2.41. The van der Waals surface area contributed by atoms with E-state index in [4.69, 9.17) is 0 Å². The molecule has 2 rings (SSSR count). The molecule has 0 saturated heterocycles. The summed E-state index contributed by atoms with van der Waals surface area (Å²) in [4.78, 5) is 13.6. The Kier molecular flexibility index (Phi) is 5.02. The summed E-state index contributed by atoms with van der Waals surface area (Å²) in [7, 11) is 0. The van der Waals surface area contributed by atoms with E-state index in [1.165, 1.54) is 10.5 Å². The molecule has 0 aliphatic heterocycles. The maximum atomic E-state index is 11.2. The standard InChI is InChI=1S/C18H20OS/c1-13(2)12-15-4-8-17(9-5-15)20-18-10-6-16(7-11-18)14(3)19/h4-11,13H,12H2,1-3H3. The summed E-state index contributed by atoms with van der Waals surface area (Å²) >= 11 is 1.72. The van der Waals surface area contributed by atoms with Crippen LogP contribution in [0.15, 0.2) is 58.3 Å². The summed E-state index contributed by atoms with van der Waals surface area (Å²) in [6.07, 6.45) is 1.12. The topological polar surface area (TPSA) is 17.1 Å². The van der Waals surface area contributed by atoms with Crippen LogP contribution in [0.4, 0.5) is 0 Å². The van der Waals surface area contributed by atoms with E-state index >= 15 is 0 Å². The lowest BCUT2D eigenvalue weighted by atomic mass is 10.0. The van der Waals surface area contributed by atoms with E-state index in [0.29, 0.717) is 5.92 Å². The van der Waals surface area contributed by atoms with E-state index in [1.54, 1.807) is 18.7 Å². The van der Waals surface area contributed by atoms with Gasteiger partial charge in [0.05, 0.1) is 0 Å². The molecule has 0 heterocycles. The zero-order valence-corrected chi connectivity index (χ0v) is 13.0. The fourth-order valence-electron chi connectivity index (χ4n) is 2.06. The molecule has 2 aromatic carbocycles. The van der Waals surface area contributed by atoms with Gasteiger partial charge in [-0.1, -0.05) is 49.9 Å². The van der Waals surface area contributed by atoms with Gasteiger partial charge in [-0.25, -0.2) is 0 Å². The first-order valence-electron chi connectivity index (χ1n) is 6.92. The summed E-state index contributed by atoms with van der Waals surface area (Å²) < 4.78 is 0. The molecule has 0 aliphatic rings. The third-order valence-electron chi connectivity index (χ3n) is 3.06. The normalized spacial score (nSPS) is 10.8. The fraction of sp³-hybridized carbons (Fsp3) is 0.278. The highest BCUT2D eigenvalue weighted by atomic mass is 32.2. The van der Waals surface area contributed by atoms with Crippen LogP contribution in [0.5, 0.6) is 0 Å². The van der Waals surface area contributed by atoms with Crippen molar-refractivity contribution in [3.63, 3.8) is 0 Å². The van der Waals surface area contributed by atoms with E-state index in [-0.39, 0.29) is 5.78 Å². The van der Waals surface area contributed by atoms with Crippen molar-refractivity contribution >= 4 is 17.5 Å². The van der Waals surface area contributed by atoms with Gasteiger partial charge in [0.1, 0.15) is 0 Å². The van der Waals surface area contributed by atoms with Crippen molar-refractivity contribution < 1.29 is 4.79 Å². The van der Waals surface area contributed by atoms with E-state index in [2.05, 4.69) is 38.1 Å². The van der Waals surface area contributed by atoms with Crippen molar-refractivity contribution in [1.29, 1.82) is 0 Å². The van der Waals surface area contributed by atoms with Gasteiger partial charge in [-0.3, -0.25) is 4.79 Å². The Bertz CT molecular complexity index is 567. The molecule has 20 heavy (non-hydrogen) atoms.